The van der Waals surface area contributed by atoms with Gasteiger partial charge in [-0.1, -0.05) is 291 Å². The monoisotopic (exact) mass is 919 g/mol. The van der Waals surface area contributed by atoms with Gasteiger partial charge in [-0.05, 0) is 31.1 Å². The summed E-state index contributed by atoms with van der Waals surface area (Å²) in [6.07, 6.45) is 55.3. The van der Waals surface area contributed by atoms with Gasteiger partial charge in [0.25, 0.3) is 0 Å². The quantitative estimate of drug-likeness (QED) is 0.0344. The van der Waals surface area contributed by atoms with Gasteiger partial charge in [-0.3, -0.25) is 14.4 Å². The van der Waals surface area contributed by atoms with Crippen LogP contribution in [0.25, 0.3) is 0 Å². The lowest BCUT2D eigenvalue weighted by Gasteiger charge is -2.18. The highest BCUT2D eigenvalue weighted by atomic mass is 16.6. The molecule has 0 aliphatic carbocycles. The lowest BCUT2D eigenvalue weighted by atomic mass is 10.0. The summed E-state index contributed by atoms with van der Waals surface area (Å²) in [5.41, 5.74) is 0. The average molecular weight is 920 g/mol. The lowest BCUT2D eigenvalue weighted by molar-refractivity contribution is -0.167. The van der Waals surface area contributed by atoms with Gasteiger partial charge in [-0.25, -0.2) is 0 Å². The van der Waals surface area contributed by atoms with E-state index in [1.807, 2.05) is 0 Å². The second-order valence-corrected chi connectivity index (χ2v) is 21.2. The predicted octanol–water partition coefficient (Wildman–Crippen LogP) is 19.3. The van der Waals surface area contributed by atoms with Crippen LogP contribution >= 0.6 is 0 Å². The van der Waals surface area contributed by atoms with Crippen molar-refractivity contribution in [2.45, 2.75) is 336 Å². The third-order valence-electron chi connectivity index (χ3n) is 13.5. The molecule has 0 N–H and O–H groups in total. The van der Waals surface area contributed by atoms with Gasteiger partial charge >= 0.3 is 17.9 Å². The number of carbonyl (C=O) groups excluding carboxylic acids is 3. The number of carbonyl (C=O) groups is 3. The maximum Gasteiger partial charge on any atom is 0.306 e. The van der Waals surface area contributed by atoms with E-state index in [0.29, 0.717) is 19.3 Å². The Morgan fingerprint density at radius 1 is 0.292 bits per heavy atom. The van der Waals surface area contributed by atoms with E-state index in [1.165, 1.54) is 218 Å². The molecule has 65 heavy (non-hydrogen) atoms. The van der Waals surface area contributed by atoms with Crippen molar-refractivity contribution >= 4 is 17.9 Å². The maximum atomic E-state index is 12.8. The molecule has 0 aromatic carbocycles. The molecule has 0 heterocycles. The van der Waals surface area contributed by atoms with Crippen molar-refractivity contribution in [2.24, 2.45) is 11.8 Å². The van der Waals surface area contributed by atoms with Crippen LogP contribution in [0, 0.1) is 11.8 Å². The van der Waals surface area contributed by atoms with Gasteiger partial charge in [-0.15, -0.1) is 0 Å². The Balaban J connectivity index is 4.22. The number of unbranched alkanes of at least 4 members (excludes halogenated alkanes) is 38. The second-order valence-electron chi connectivity index (χ2n) is 21.2. The summed E-state index contributed by atoms with van der Waals surface area (Å²) in [4.78, 5) is 38.1. The Labute approximate surface area is 406 Å². The minimum absolute atomic E-state index is 0.0626. The molecule has 0 radical (unpaired) electrons. The van der Waals surface area contributed by atoms with Crippen molar-refractivity contribution in [3.05, 3.63) is 0 Å². The van der Waals surface area contributed by atoms with Gasteiger partial charge in [-0.2, -0.15) is 0 Å². The van der Waals surface area contributed by atoms with Crippen molar-refractivity contribution in [1.29, 1.82) is 0 Å². The SMILES string of the molecule is CCCCCCCCCCCCCC(=O)OC[C@H](COC(=O)CCCCCCCCCCCCCCCCCCCCC(C)C)OC(=O)CCCCCCCCCCCCCCC(C)C. The van der Waals surface area contributed by atoms with Crippen LogP contribution in [0.5, 0.6) is 0 Å². The van der Waals surface area contributed by atoms with Crippen LogP contribution in [0.3, 0.4) is 0 Å². The molecule has 0 aromatic heterocycles. The summed E-state index contributed by atoms with van der Waals surface area (Å²) in [6, 6.07) is 0. The molecule has 0 spiro atoms. The van der Waals surface area contributed by atoms with Crippen molar-refractivity contribution < 1.29 is 28.6 Å². The standard InChI is InChI=1S/C59H114O6/c1-6-7-8-9-10-11-22-29-34-39-44-49-57(60)63-52-56(65-59(62)51-46-41-36-31-26-21-20-24-28-33-38-43-48-55(4)5)53-64-58(61)50-45-40-35-30-25-19-17-15-13-12-14-16-18-23-27-32-37-42-47-54(2)3/h54-56H,6-53H2,1-5H3/t56-/m1/s1. The predicted molar refractivity (Wildman–Crippen MR) is 280 cm³/mol. The number of esters is 3. The first-order valence-electron chi connectivity index (χ1n) is 29.2. The second kappa shape index (κ2) is 51.8. The highest BCUT2D eigenvalue weighted by molar-refractivity contribution is 5.71. The molecule has 1 atom stereocenters. The van der Waals surface area contributed by atoms with E-state index >= 15 is 0 Å². The first-order valence-corrected chi connectivity index (χ1v) is 29.2. The zero-order chi connectivity index (χ0) is 47.5. The molecule has 0 saturated carbocycles. The summed E-state index contributed by atoms with van der Waals surface area (Å²) in [7, 11) is 0. The van der Waals surface area contributed by atoms with Gasteiger partial charge in [0.1, 0.15) is 13.2 Å². The number of hydrogen-bond donors (Lipinski definition) is 0. The van der Waals surface area contributed by atoms with E-state index in [2.05, 4.69) is 34.6 Å². The van der Waals surface area contributed by atoms with E-state index in [9.17, 15) is 14.4 Å². The van der Waals surface area contributed by atoms with Crippen molar-refractivity contribution in [2.75, 3.05) is 13.2 Å². The molecule has 0 aliphatic heterocycles. The molecule has 0 unspecified atom stereocenters. The minimum atomic E-state index is -0.762. The van der Waals surface area contributed by atoms with Crippen LogP contribution in [0.15, 0.2) is 0 Å². The molecular weight excluding hydrogens is 805 g/mol. The Bertz CT molecular complexity index is 993. The van der Waals surface area contributed by atoms with E-state index in [4.69, 9.17) is 14.2 Å². The fraction of sp³-hybridized carbons (Fsp3) is 0.949. The summed E-state index contributed by atoms with van der Waals surface area (Å²) in [6.45, 7) is 11.4. The van der Waals surface area contributed by atoms with E-state index in [-0.39, 0.29) is 31.1 Å². The maximum absolute atomic E-state index is 12.8. The molecule has 386 valence electrons. The zero-order valence-electron chi connectivity index (χ0n) is 44.6. The normalized spacial score (nSPS) is 12.0. The lowest BCUT2D eigenvalue weighted by Crippen LogP contribution is -2.30. The third-order valence-corrected chi connectivity index (χ3v) is 13.5. The van der Waals surface area contributed by atoms with Crippen LogP contribution in [-0.2, 0) is 28.6 Å². The molecule has 0 bridgehead atoms. The number of rotatable bonds is 53. The Morgan fingerprint density at radius 3 is 0.754 bits per heavy atom. The molecule has 0 saturated heterocycles. The van der Waals surface area contributed by atoms with Gasteiger partial charge in [0.2, 0.25) is 0 Å². The Morgan fingerprint density at radius 2 is 0.508 bits per heavy atom. The molecule has 0 aliphatic rings. The molecular formula is C59H114O6. The molecule has 0 fully saturated rings. The highest BCUT2D eigenvalue weighted by Crippen LogP contribution is 2.18. The van der Waals surface area contributed by atoms with Gasteiger partial charge in [0.15, 0.2) is 6.10 Å². The summed E-state index contributed by atoms with van der Waals surface area (Å²) < 4.78 is 16.9. The first kappa shape index (κ1) is 63.4. The fourth-order valence-corrected chi connectivity index (χ4v) is 9.05. The van der Waals surface area contributed by atoms with Crippen LogP contribution < -0.4 is 0 Å². The van der Waals surface area contributed by atoms with Gasteiger partial charge in [0.05, 0.1) is 0 Å². The van der Waals surface area contributed by atoms with E-state index in [0.717, 1.165) is 69.6 Å². The Kier molecular flexibility index (Phi) is 50.5. The summed E-state index contributed by atoms with van der Waals surface area (Å²) in [5.74, 6) is 0.852. The Hall–Kier alpha value is -1.59. The van der Waals surface area contributed by atoms with Crippen LogP contribution in [0.4, 0.5) is 0 Å². The van der Waals surface area contributed by atoms with E-state index in [1.54, 1.807) is 0 Å². The minimum Gasteiger partial charge on any atom is -0.462 e. The van der Waals surface area contributed by atoms with Crippen LogP contribution in [0.2, 0.25) is 0 Å². The zero-order valence-corrected chi connectivity index (χ0v) is 44.6. The highest BCUT2D eigenvalue weighted by Gasteiger charge is 2.19. The van der Waals surface area contributed by atoms with Crippen molar-refractivity contribution in [3.8, 4) is 0 Å². The molecule has 0 aromatic rings. The van der Waals surface area contributed by atoms with Crippen LogP contribution in [0.1, 0.15) is 330 Å². The largest absolute Gasteiger partial charge is 0.462 e. The smallest absolute Gasteiger partial charge is 0.306 e. The first-order chi connectivity index (χ1) is 31.7. The topological polar surface area (TPSA) is 78.9 Å². The summed E-state index contributed by atoms with van der Waals surface area (Å²) >= 11 is 0. The van der Waals surface area contributed by atoms with Crippen molar-refractivity contribution in [3.63, 3.8) is 0 Å². The summed E-state index contributed by atoms with van der Waals surface area (Å²) in [5, 5.41) is 0. The van der Waals surface area contributed by atoms with Gasteiger partial charge in [0, 0.05) is 19.3 Å². The molecule has 6 nitrogen and oxygen atoms in total. The molecule has 0 rings (SSSR count). The third kappa shape index (κ3) is 53.2. The molecule has 0 amide bonds. The number of hydrogen-bond acceptors (Lipinski definition) is 6. The van der Waals surface area contributed by atoms with E-state index < -0.39 is 6.10 Å². The molecule has 6 heteroatoms. The van der Waals surface area contributed by atoms with Gasteiger partial charge < -0.3 is 14.2 Å². The van der Waals surface area contributed by atoms with Crippen molar-refractivity contribution in [1.82, 2.24) is 0 Å². The number of ether oxygens (including phenoxy) is 3. The van der Waals surface area contributed by atoms with Crippen LogP contribution in [-0.4, -0.2) is 37.2 Å². The average Bonchev–Trinajstić information content (AvgIpc) is 3.28. The fourth-order valence-electron chi connectivity index (χ4n) is 9.05.